The first-order valence-electron chi connectivity index (χ1n) is 11.6. The van der Waals surface area contributed by atoms with Crippen LogP contribution in [0.3, 0.4) is 0 Å². The van der Waals surface area contributed by atoms with Gasteiger partial charge >= 0.3 is 11.7 Å². The monoisotopic (exact) mass is 469 g/mol. The van der Waals surface area contributed by atoms with Crippen LogP contribution in [-0.2, 0) is 22.4 Å². The number of hydrogen-bond donors (Lipinski definition) is 0. The van der Waals surface area contributed by atoms with E-state index < -0.39 is 4.92 Å². The van der Waals surface area contributed by atoms with E-state index in [0.717, 1.165) is 29.2 Å². The minimum atomic E-state index is -0.418. The van der Waals surface area contributed by atoms with Crippen molar-refractivity contribution in [2.24, 2.45) is 0 Å². The number of aryl methyl sites for hydroxylation is 2. The molecule has 0 aliphatic rings. The zero-order valence-electron chi connectivity index (χ0n) is 19.6. The summed E-state index contributed by atoms with van der Waals surface area (Å²) in [6.45, 7) is 0.345. The number of rotatable bonds is 10. The summed E-state index contributed by atoms with van der Waals surface area (Å²) in [5, 5.41) is 14.2. The van der Waals surface area contributed by atoms with E-state index in [2.05, 4.69) is 12.1 Å². The van der Waals surface area contributed by atoms with E-state index in [-0.39, 0.29) is 23.8 Å². The molecule has 0 aromatic heterocycles. The Labute approximate surface area is 204 Å². The van der Waals surface area contributed by atoms with Gasteiger partial charge in [-0.1, -0.05) is 66.7 Å². The number of nitro benzene ring substituents is 1. The number of esters is 1. The van der Waals surface area contributed by atoms with Crippen LogP contribution in [-0.4, -0.2) is 24.6 Å². The summed E-state index contributed by atoms with van der Waals surface area (Å²) in [5.41, 5.74) is 3.24. The van der Waals surface area contributed by atoms with Crippen molar-refractivity contribution in [3.05, 3.63) is 106 Å². The van der Waals surface area contributed by atoms with Gasteiger partial charge in [-0.25, -0.2) is 0 Å². The minimum Gasteiger partial charge on any atom is -0.486 e. The van der Waals surface area contributed by atoms with Gasteiger partial charge in [-0.2, -0.15) is 0 Å². The first-order chi connectivity index (χ1) is 17.0. The van der Waals surface area contributed by atoms with Crippen LogP contribution in [0, 0.1) is 10.1 Å². The van der Waals surface area contributed by atoms with Crippen molar-refractivity contribution in [3.8, 4) is 16.9 Å². The molecule has 178 valence electrons. The highest BCUT2D eigenvalue weighted by atomic mass is 16.6. The first-order valence-corrected chi connectivity index (χ1v) is 11.6. The lowest BCUT2D eigenvalue weighted by atomic mass is 9.96. The third-order valence-electron chi connectivity index (χ3n) is 5.93. The van der Waals surface area contributed by atoms with Crippen molar-refractivity contribution in [2.45, 2.75) is 25.7 Å². The number of methoxy groups -OCH3 is 1. The summed E-state index contributed by atoms with van der Waals surface area (Å²) < 4.78 is 10.8. The number of carbonyl (C=O) groups is 1. The highest BCUT2D eigenvalue weighted by molar-refractivity contribution is 5.89. The predicted molar refractivity (Wildman–Crippen MR) is 137 cm³/mol. The van der Waals surface area contributed by atoms with Crippen molar-refractivity contribution in [3.63, 3.8) is 0 Å². The Kier molecular flexibility index (Phi) is 7.73. The quantitative estimate of drug-likeness (QED) is 0.114. The molecule has 0 saturated heterocycles. The Morgan fingerprint density at radius 2 is 1.60 bits per heavy atom. The van der Waals surface area contributed by atoms with Crippen LogP contribution in [0.2, 0.25) is 0 Å². The van der Waals surface area contributed by atoms with Crippen molar-refractivity contribution in [1.82, 2.24) is 0 Å². The molecule has 6 nitrogen and oxygen atoms in total. The van der Waals surface area contributed by atoms with E-state index in [1.54, 1.807) is 0 Å². The maximum absolute atomic E-state index is 12.1. The number of benzene rings is 4. The lowest BCUT2D eigenvalue weighted by Crippen LogP contribution is -2.06. The SMILES string of the molecule is COC(=O)CCc1cc(-c2ccc3ccccc3c2)c(OCCCc2ccccc2)c([N+](=O)[O-])c1. The molecular formula is C29H27NO5. The third-order valence-corrected chi connectivity index (χ3v) is 5.93. The molecule has 0 heterocycles. The van der Waals surface area contributed by atoms with Gasteiger partial charge in [0.15, 0.2) is 0 Å². The van der Waals surface area contributed by atoms with Crippen molar-refractivity contribution in [2.75, 3.05) is 13.7 Å². The summed E-state index contributed by atoms with van der Waals surface area (Å²) in [4.78, 5) is 23.3. The molecule has 0 spiro atoms. The standard InChI is InChI=1S/C29H27NO5/c1-34-28(31)16-13-22-18-26(25-15-14-23-11-5-6-12-24(23)20-25)29(27(19-22)30(32)33)35-17-7-10-21-8-3-2-4-9-21/h2-6,8-9,11-12,14-15,18-20H,7,10,13,16-17H2,1H3. The molecule has 0 N–H and O–H groups in total. The fourth-order valence-corrected chi connectivity index (χ4v) is 4.12. The second-order valence-electron chi connectivity index (χ2n) is 8.32. The largest absolute Gasteiger partial charge is 0.486 e. The van der Waals surface area contributed by atoms with E-state index >= 15 is 0 Å². The number of carbonyl (C=O) groups excluding carboxylic acids is 1. The molecule has 4 aromatic rings. The highest BCUT2D eigenvalue weighted by Crippen LogP contribution is 2.40. The van der Waals surface area contributed by atoms with E-state index in [1.165, 1.54) is 18.7 Å². The lowest BCUT2D eigenvalue weighted by Gasteiger charge is -2.15. The van der Waals surface area contributed by atoms with Crippen LogP contribution in [0.1, 0.15) is 24.0 Å². The molecule has 0 aliphatic heterocycles. The normalized spacial score (nSPS) is 10.8. The molecule has 4 rings (SSSR count). The lowest BCUT2D eigenvalue weighted by molar-refractivity contribution is -0.385. The van der Waals surface area contributed by atoms with Gasteiger partial charge in [0.1, 0.15) is 0 Å². The number of ether oxygens (including phenoxy) is 2. The Hall–Kier alpha value is -4.19. The Balaban J connectivity index is 1.69. The second-order valence-corrected chi connectivity index (χ2v) is 8.32. The summed E-state index contributed by atoms with van der Waals surface area (Å²) in [6.07, 6.45) is 2.02. The van der Waals surface area contributed by atoms with Crippen LogP contribution in [0.25, 0.3) is 21.9 Å². The van der Waals surface area contributed by atoms with E-state index in [1.807, 2.05) is 66.7 Å². The van der Waals surface area contributed by atoms with Crippen LogP contribution in [0.15, 0.2) is 84.9 Å². The smallest absolute Gasteiger partial charge is 0.311 e. The molecule has 0 atom stereocenters. The van der Waals surface area contributed by atoms with Gasteiger partial charge in [-0.3, -0.25) is 14.9 Å². The van der Waals surface area contributed by atoms with Crippen LogP contribution in [0.4, 0.5) is 5.69 Å². The van der Waals surface area contributed by atoms with Crippen molar-refractivity contribution in [1.29, 1.82) is 0 Å². The topological polar surface area (TPSA) is 78.7 Å². The van der Waals surface area contributed by atoms with Gasteiger partial charge in [0, 0.05) is 18.1 Å². The Bertz CT molecular complexity index is 1330. The second kappa shape index (κ2) is 11.3. The number of hydrogen-bond acceptors (Lipinski definition) is 5. The zero-order chi connectivity index (χ0) is 24.6. The number of nitrogens with zero attached hydrogens (tertiary/aromatic N) is 1. The number of fused-ring (bicyclic) bond motifs is 1. The van der Waals surface area contributed by atoms with Crippen molar-refractivity contribution < 1.29 is 19.2 Å². The predicted octanol–water partition coefficient (Wildman–Crippen LogP) is 6.53. The van der Waals surface area contributed by atoms with Gasteiger partial charge in [0.2, 0.25) is 5.75 Å². The van der Waals surface area contributed by atoms with Gasteiger partial charge in [0.25, 0.3) is 0 Å². The van der Waals surface area contributed by atoms with Crippen LogP contribution < -0.4 is 4.74 Å². The molecule has 0 amide bonds. The molecular weight excluding hydrogens is 442 g/mol. The van der Waals surface area contributed by atoms with Crippen molar-refractivity contribution >= 4 is 22.4 Å². The highest BCUT2D eigenvalue weighted by Gasteiger charge is 2.23. The third kappa shape index (κ3) is 6.03. The summed E-state index contributed by atoms with van der Waals surface area (Å²) in [6, 6.07) is 27.4. The van der Waals surface area contributed by atoms with Gasteiger partial charge in [0.05, 0.1) is 18.6 Å². The first kappa shape index (κ1) is 24.0. The summed E-state index contributed by atoms with van der Waals surface area (Å²) in [5.74, 6) is -0.110. The van der Waals surface area contributed by atoms with Crippen LogP contribution >= 0.6 is 0 Å². The molecule has 6 heteroatoms. The molecule has 0 bridgehead atoms. The average Bonchev–Trinajstić information content (AvgIpc) is 2.89. The maximum atomic E-state index is 12.1. The Morgan fingerprint density at radius 3 is 2.34 bits per heavy atom. The van der Waals surface area contributed by atoms with Gasteiger partial charge in [-0.05, 0) is 58.9 Å². The molecule has 0 saturated carbocycles. The molecule has 4 aromatic carbocycles. The van der Waals surface area contributed by atoms with Gasteiger partial charge < -0.3 is 9.47 Å². The molecule has 0 aliphatic carbocycles. The van der Waals surface area contributed by atoms with E-state index in [4.69, 9.17) is 9.47 Å². The summed E-state index contributed by atoms with van der Waals surface area (Å²) >= 11 is 0. The maximum Gasteiger partial charge on any atom is 0.311 e. The number of nitro groups is 1. The molecule has 0 unspecified atom stereocenters. The van der Waals surface area contributed by atoms with E-state index in [0.29, 0.717) is 24.2 Å². The van der Waals surface area contributed by atoms with Crippen LogP contribution in [0.5, 0.6) is 5.75 Å². The molecule has 35 heavy (non-hydrogen) atoms. The summed E-state index contributed by atoms with van der Waals surface area (Å²) in [7, 11) is 1.33. The molecule has 0 radical (unpaired) electrons. The molecule has 0 fully saturated rings. The fourth-order valence-electron chi connectivity index (χ4n) is 4.12. The fraction of sp³-hybridized carbons (Fsp3) is 0.207. The van der Waals surface area contributed by atoms with E-state index in [9.17, 15) is 14.9 Å². The Morgan fingerprint density at radius 1 is 0.857 bits per heavy atom. The minimum absolute atomic E-state index is 0.102. The van der Waals surface area contributed by atoms with Gasteiger partial charge in [-0.15, -0.1) is 0 Å². The average molecular weight is 470 g/mol. The zero-order valence-corrected chi connectivity index (χ0v) is 19.6.